The fourth-order valence-corrected chi connectivity index (χ4v) is 3.56. The molecule has 5 nitrogen and oxygen atoms in total. The first kappa shape index (κ1) is 18.0. The van der Waals surface area contributed by atoms with E-state index < -0.39 is 34.6 Å². The maximum absolute atomic E-state index is 14.8. The maximum Gasteiger partial charge on any atom is 0.216 e. The number of carbonyl (C=O) groups is 2. The van der Waals surface area contributed by atoms with E-state index in [1.165, 1.54) is 24.3 Å². The monoisotopic (exact) mass is 405 g/mol. The van der Waals surface area contributed by atoms with Crippen molar-refractivity contribution >= 4 is 11.6 Å². The summed E-state index contributed by atoms with van der Waals surface area (Å²) in [6, 6.07) is 13.0. The number of rotatable bonds is 2. The van der Waals surface area contributed by atoms with Gasteiger partial charge < -0.3 is 0 Å². The number of hydrogen-bond donors (Lipinski definition) is 0. The second-order valence-corrected chi connectivity index (χ2v) is 6.70. The molecule has 30 heavy (non-hydrogen) atoms. The van der Waals surface area contributed by atoms with E-state index in [4.69, 9.17) is 0 Å². The largest absolute Gasteiger partial charge is 0.287 e. The van der Waals surface area contributed by atoms with Gasteiger partial charge in [-0.2, -0.15) is 0 Å². The summed E-state index contributed by atoms with van der Waals surface area (Å²) < 4.78 is 44.0. The molecule has 0 radical (unpaired) electrons. The lowest BCUT2D eigenvalue weighted by molar-refractivity contribution is 0.0972. The van der Waals surface area contributed by atoms with Crippen LogP contribution in [0.15, 0.2) is 60.7 Å². The van der Waals surface area contributed by atoms with E-state index in [2.05, 4.69) is 10.3 Å². The fourth-order valence-electron chi connectivity index (χ4n) is 3.56. The molecule has 3 aromatic carbocycles. The van der Waals surface area contributed by atoms with Crippen LogP contribution in [0.5, 0.6) is 0 Å². The van der Waals surface area contributed by atoms with Crippen LogP contribution >= 0.6 is 0 Å². The smallest absolute Gasteiger partial charge is 0.216 e. The van der Waals surface area contributed by atoms with Crippen molar-refractivity contribution in [2.24, 2.45) is 0 Å². The maximum atomic E-state index is 14.8. The first-order valence-electron chi connectivity index (χ1n) is 8.85. The quantitative estimate of drug-likeness (QED) is 0.443. The number of nitrogens with zero attached hydrogens (tertiary/aromatic N) is 3. The van der Waals surface area contributed by atoms with Crippen LogP contribution in [0, 0.1) is 17.5 Å². The summed E-state index contributed by atoms with van der Waals surface area (Å²) >= 11 is 0. The number of fused-ring (bicyclic) bond motifs is 2. The number of benzene rings is 3. The number of ketones is 2. The lowest BCUT2D eigenvalue weighted by atomic mass is 9.90. The Labute approximate surface area is 167 Å². The topological polar surface area (TPSA) is 64.8 Å². The van der Waals surface area contributed by atoms with Gasteiger partial charge in [-0.15, -0.1) is 5.10 Å². The molecule has 1 aliphatic carbocycles. The molecule has 0 bridgehead atoms. The van der Waals surface area contributed by atoms with Crippen LogP contribution in [0.1, 0.15) is 32.1 Å². The Morgan fingerprint density at radius 1 is 0.767 bits per heavy atom. The third kappa shape index (κ3) is 2.57. The molecule has 1 aliphatic rings. The zero-order chi connectivity index (χ0) is 21.0. The van der Waals surface area contributed by atoms with Crippen LogP contribution < -0.4 is 0 Å². The van der Waals surface area contributed by atoms with E-state index in [0.717, 1.165) is 28.9 Å². The molecule has 1 heterocycles. The van der Waals surface area contributed by atoms with Crippen molar-refractivity contribution < 1.29 is 22.8 Å². The van der Waals surface area contributed by atoms with E-state index >= 15 is 0 Å². The molecule has 4 aromatic rings. The summed E-state index contributed by atoms with van der Waals surface area (Å²) in [6.45, 7) is 0. The van der Waals surface area contributed by atoms with Crippen LogP contribution in [-0.2, 0) is 0 Å². The molecule has 0 atom stereocenters. The van der Waals surface area contributed by atoms with E-state index in [0.29, 0.717) is 0 Å². The molecular formula is C22H10F3N3O2. The Balaban J connectivity index is 1.66. The lowest BCUT2D eigenvalue weighted by Gasteiger charge is -2.15. The van der Waals surface area contributed by atoms with Crippen LogP contribution in [0.3, 0.4) is 0 Å². The second-order valence-electron chi connectivity index (χ2n) is 6.70. The highest BCUT2D eigenvalue weighted by atomic mass is 19.1. The van der Waals surface area contributed by atoms with Crippen molar-refractivity contribution in [1.82, 2.24) is 15.0 Å². The zero-order valence-electron chi connectivity index (χ0n) is 15.1. The van der Waals surface area contributed by atoms with Gasteiger partial charge in [0.2, 0.25) is 11.6 Å². The summed E-state index contributed by atoms with van der Waals surface area (Å²) in [4.78, 5) is 25.6. The molecule has 0 spiro atoms. The minimum atomic E-state index is -0.977. The molecule has 0 saturated heterocycles. The third-order valence-corrected chi connectivity index (χ3v) is 4.90. The van der Waals surface area contributed by atoms with Crippen molar-refractivity contribution in [3.05, 3.63) is 101 Å². The summed E-state index contributed by atoms with van der Waals surface area (Å²) in [5, 5.41) is 7.55. The zero-order valence-corrected chi connectivity index (χ0v) is 15.1. The normalized spacial score (nSPS) is 12.6. The van der Waals surface area contributed by atoms with Crippen molar-refractivity contribution in [2.45, 2.75) is 0 Å². The molecule has 0 fully saturated rings. The van der Waals surface area contributed by atoms with Gasteiger partial charge in [0, 0.05) is 23.3 Å². The molecular weight excluding hydrogens is 395 g/mol. The van der Waals surface area contributed by atoms with Gasteiger partial charge >= 0.3 is 0 Å². The van der Waals surface area contributed by atoms with E-state index in [-0.39, 0.29) is 33.8 Å². The fraction of sp³-hybridized carbons (Fsp3) is 0. The molecule has 0 amide bonds. The number of carbonyl (C=O) groups excluding carboxylic acids is 2. The van der Waals surface area contributed by atoms with E-state index in [1.807, 2.05) is 0 Å². The predicted octanol–water partition coefficient (Wildman–Crippen LogP) is 4.13. The summed E-state index contributed by atoms with van der Waals surface area (Å²) in [5.41, 5.74) is -0.516. The molecule has 0 unspecified atom stereocenters. The van der Waals surface area contributed by atoms with Gasteiger partial charge in [0.25, 0.3) is 0 Å². The molecule has 0 aliphatic heterocycles. The Morgan fingerprint density at radius 3 is 2.10 bits per heavy atom. The molecule has 1 aromatic heterocycles. The summed E-state index contributed by atoms with van der Waals surface area (Å²) in [5.74, 6) is -3.61. The average Bonchev–Trinajstić information content (AvgIpc) is 3.17. The second kappa shape index (κ2) is 6.48. The average molecular weight is 405 g/mol. The van der Waals surface area contributed by atoms with Gasteiger partial charge in [0.1, 0.15) is 23.1 Å². The Bertz CT molecular complexity index is 1350. The van der Waals surface area contributed by atoms with Gasteiger partial charge in [-0.3, -0.25) is 9.59 Å². The lowest BCUT2D eigenvalue weighted by Crippen LogP contribution is -2.23. The third-order valence-electron chi connectivity index (χ3n) is 4.90. The van der Waals surface area contributed by atoms with Crippen LogP contribution in [0.4, 0.5) is 13.2 Å². The molecule has 146 valence electrons. The summed E-state index contributed by atoms with van der Waals surface area (Å²) in [7, 11) is 0. The van der Waals surface area contributed by atoms with Crippen molar-refractivity contribution in [2.75, 3.05) is 0 Å². The highest BCUT2D eigenvalue weighted by Gasteiger charge is 2.35. The molecule has 5 rings (SSSR count). The Morgan fingerprint density at radius 2 is 1.43 bits per heavy atom. The number of aromatic nitrogens is 3. The standard InChI is InChI=1S/C22H10F3N3O2/c23-12-5-3-4-11(8-12)18-16(24)9-13(10-17(18)25)28-20-19(26-27-28)21(29)14-6-1-2-7-15(14)22(20)30/h1-10H. The highest BCUT2D eigenvalue weighted by Crippen LogP contribution is 2.31. The van der Waals surface area contributed by atoms with Crippen LogP contribution in [-0.4, -0.2) is 26.6 Å². The highest BCUT2D eigenvalue weighted by molar-refractivity contribution is 6.27. The van der Waals surface area contributed by atoms with Crippen molar-refractivity contribution in [3.8, 4) is 16.8 Å². The van der Waals surface area contributed by atoms with Crippen LogP contribution in [0.2, 0.25) is 0 Å². The number of halogens is 3. The van der Waals surface area contributed by atoms with Crippen LogP contribution in [0.25, 0.3) is 16.8 Å². The summed E-state index contributed by atoms with van der Waals surface area (Å²) in [6.07, 6.45) is 0. The van der Waals surface area contributed by atoms with Crippen molar-refractivity contribution in [3.63, 3.8) is 0 Å². The molecule has 0 saturated carbocycles. The first-order chi connectivity index (χ1) is 14.5. The predicted molar refractivity (Wildman–Crippen MR) is 100.0 cm³/mol. The minimum Gasteiger partial charge on any atom is -0.287 e. The minimum absolute atomic E-state index is 0.0253. The van der Waals surface area contributed by atoms with Gasteiger partial charge in [0.05, 0.1) is 11.3 Å². The molecule has 0 N–H and O–H groups in total. The van der Waals surface area contributed by atoms with E-state index in [9.17, 15) is 22.8 Å². The Hall–Kier alpha value is -4.07. The SMILES string of the molecule is O=C1c2ccccc2C(=O)c2c1nnn2-c1cc(F)c(-c2cccc(F)c2)c(F)c1. The Kier molecular flexibility index (Phi) is 3.89. The van der Waals surface area contributed by atoms with Crippen molar-refractivity contribution in [1.29, 1.82) is 0 Å². The first-order valence-corrected chi connectivity index (χ1v) is 8.85. The molecule has 8 heteroatoms. The number of hydrogen-bond acceptors (Lipinski definition) is 4. The van der Waals surface area contributed by atoms with Gasteiger partial charge in [-0.1, -0.05) is 41.6 Å². The van der Waals surface area contributed by atoms with Gasteiger partial charge in [-0.05, 0) is 17.7 Å². The van der Waals surface area contributed by atoms with E-state index in [1.54, 1.807) is 12.1 Å². The van der Waals surface area contributed by atoms with Gasteiger partial charge in [-0.25, -0.2) is 17.9 Å². The van der Waals surface area contributed by atoms with Gasteiger partial charge in [0.15, 0.2) is 5.69 Å².